The van der Waals surface area contributed by atoms with Crippen molar-refractivity contribution in [3.05, 3.63) is 61.9 Å². The summed E-state index contributed by atoms with van der Waals surface area (Å²) in [6.07, 6.45) is 2.39. The van der Waals surface area contributed by atoms with Gasteiger partial charge in [0.05, 0.1) is 11.1 Å². The molecule has 2 aromatic heterocycles. The minimum atomic E-state index is -0.439. The Labute approximate surface area is 183 Å². The monoisotopic (exact) mass is 446 g/mol. The molecule has 0 aliphatic rings. The summed E-state index contributed by atoms with van der Waals surface area (Å²) in [6.45, 7) is 4.15. The Balaban J connectivity index is 2.00. The van der Waals surface area contributed by atoms with Gasteiger partial charge in [0.25, 0.3) is 5.56 Å². The molecule has 2 heterocycles. The predicted molar refractivity (Wildman–Crippen MR) is 122 cm³/mol. The molecule has 0 saturated carbocycles. The number of fused-ring (bicyclic) bond motifs is 1. The quantitative estimate of drug-likeness (QED) is 0.587. The van der Waals surface area contributed by atoms with Crippen LogP contribution in [0.1, 0.15) is 19.4 Å². The molecule has 7 nitrogen and oxygen atoms in total. The smallest absolute Gasteiger partial charge is 0.325 e. The number of anilines is 1. The van der Waals surface area contributed by atoms with Gasteiger partial charge in [0.15, 0.2) is 0 Å². The number of amides is 1. The molecule has 0 spiro atoms. The van der Waals surface area contributed by atoms with Crippen molar-refractivity contribution in [3.63, 3.8) is 0 Å². The number of nitrogens with zero attached hydrogens (tertiary/aromatic N) is 3. The number of nitrogens with one attached hydrogen (secondary N) is 1. The third kappa shape index (κ3) is 4.60. The summed E-state index contributed by atoms with van der Waals surface area (Å²) in [7, 11) is 3.03. The summed E-state index contributed by atoms with van der Waals surface area (Å²) in [5.74, 6) is 0.215. The van der Waals surface area contributed by atoms with Crippen LogP contribution < -0.4 is 16.6 Å². The lowest BCUT2D eigenvalue weighted by molar-refractivity contribution is -0.113. The van der Waals surface area contributed by atoms with Gasteiger partial charge in [-0.25, -0.2) is 9.78 Å². The predicted octanol–water partition coefficient (Wildman–Crippen LogP) is 3.21. The second-order valence-corrected chi connectivity index (χ2v) is 8.88. The average Bonchev–Trinajstić information content (AvgIpc) is 2.69. The van der Waals surface area contributed by atoms with Gasteiger partial charge in [-0.05, 0) is 36.1 Å². The van der Waals surface area contributed by atoms with Crippen LogP contribution in [0.2, 0.25) is 5.02 Å². The molecule has 1 N–H and O–H groups in total. The summed E-state index contributed by atoms with van der Waals surface area (Å²) in [5, 5.41) is 3.70. The lowest BCUT2D eigenvalue weighted by Crippen LogP contribution is -2.37. The molecular weight excluding hydrogens is 424 g/mol. The van der Waals surface area contributed by atoms with Crippen LogP contribution in [0.4, 0.5) is 5.69 Å². The molecule has 3 aromatic rings. The zero-order valence-corrected chi connectivity index (χ0v) is 18.8. The summed E-state index contributed by atoms with van der Waals surface area (Å²) < 4.78 is 2.42. The molecule has 158 valence electrons. The van der Waals surface area contributed by atoms with Gasteiger partial charge in [-0.15, -0.1) is 11.8 Å². The lowest BCUT2D eigenvalue weighted by atomic mass is 10.0. The average molecular weight is 447 g/mol. The topological polar surface area (TPSA) is 86.0 Å². The third-order valence-electron chi connectivity index (χ3n) is 4.58. The first-order chi connectivity index (χ1) is 14.2. The normalized spacial score (nSPS) is 11.3. The van der Waals surface area contributed by atoms with Crippen LogP contribution in [-0.4, -0.2) is 25.8 Å². The summed E-state index contributed by atoms with van der Waals surface area (Å²) in [6, 6.07) is 6.91. The van der Waals surface area contributed by atoms with Crippen LogP contribution in [0, 0.1) is 5.92 Å². The number of halogens is 1. The maximum Gasteiger partial charge on any atom is 0.332 e. The van der Waals surface area contributed by atoms with E-state index in [9.17, 15) is 14.4 Å². The molecule has 1 amide bonds. The van der Waals surface area contributed by atoms with Crippen molar-refractivity contribution in [2.24, 2.45) is 20.0 Å². The van der Waals surface area contributed by atoms with Crippen molar-refractivity contribution in [2.45, 2.75) is 25.2 Å². The van der Waals surface area contributed by atoms with E-state index < -0.39 is 11.2 Å². The fourth-order valence-electron chi connectivity index (χ4n) is 3.19. The van der Waals surface area contributed by atoms with E-state index in [1.807, 2.05) is 0 Å². The van der Waals surface area contributed by atoms with Crippen molar-refractivity contribution < 1.29 is 4.79 Å². The number of aromatic nitrogens is 3. The standard InChI is InChI=1S/C21H23ClN4O3S/c1-12(2)8-13-10-23-19-17(20(28)26(4)21(29)25(19)3)18(13)30-11-16(27)24-15-7-5-6-14(22)9-15/h5-7,9-10,12H,8,11H2,1-4H3,(H,24,27). The highest BCUT2D eigenvalue weighted by Crippen LogP contribution is 2.30. The van der Waals surface area contributed by atoms with Crippen LogP contribution in [0.5, 0.6) is 0 Å². The molecule has 3 rings (SSSR count). The van der Waals surface area contributed by atoms with Crippen LogP contribution in [0.15, 0.2) is 44.9 Å². The Bertz CT molecular complexity index is 1230. The number of thioether (sulfide) groups is 1. The van der Waals surface area contributed by atoms with Gasteiger partial charge in [-0.1, -0.05) is 31.5 Å². The Morgan fingerprint density at radius 2 is 1.97 bits per heavy atom. The number of pyridine rings is 1. The van der Waals surface area contributed by atoms with Gasteiger partial charge in [-0.3, -0.25) is 18.7 Å². The van der Waals surface area contributed by atoms with Crippen molar-refractivity contribution in [3.8, 4) is 0 Å². The first kappa shape index (κ1) is 22.1. The number of carbonyl (C=O) groups is 1. The molecule has 9 heteroatoms. The fourth-order valence-corrected chi connectivity index (χ4v) is 4.37. The maximum absolute atomic E-state index is 12.9. The van der Waals surface area contributed by atoms with Crippen molar-refractivity contribution in [1.29, 1.82) is 0 Å². The SMILES string of the molecule is CC(C)Cc1cnc2c(c1SCC(=O)Nc1cccc(Cl)c1)c(=O)n(C)c(=O)n2C. The molecule has 30 heavy (non-hydrogen) atoms. The number of benzene rings is 1. The third-order valence-corrected chi connectivity index (χ3v) is 5.98. The van der Waals surface area contributed by atoms with Gasteiger partial charge in [0.1, 0.15) is 5.65 Å². The number of carbonyl (C=O) groups excluding carboxylic acids is 1. The van der Waals surface area contributed by atoms with E-state index in [0.717, 1.165) is 10.1 Å². The molecule has 0 bridgehead atoms. The lowest BCUT2D eigenvalue weighted by Gasteiger charge is -2.15. The maximum atomic E-state index is 12.9. The number of aryl methyl sites for hydroxylation is 1. The summed E-state index contributed by atoms with van der Waals surface area (Å²) in [5.41, 5.74) is 0.950. The van der Waals surface area contributed by atoms with E-state index in [4.69, 9.17) is 11.6 Å². The summed E-state index contributed by atoms with van der Waals surface area (Å²) >= 11 is 7.24. The zero-order chi connectivity index (χ0) is 22.0. The molecule has 0 aliphatic carbocycles. The zero-order valence-electron chi connectivity index (χ0n) is 17.2. The van der Waals surface area contributed by atoms with E-state index in [-0.39, 0.29) is 11.7 Å². The Morgan fingerprint density at radius 1 is 1.23 bits per heavy atom. The van der Waals surface area contributed by atoms with Crippen LogP contribution in [0.25, 0.3) is 11.0 Å². The van der Waals surface area contributed by atoms with Crippen molar-refractivity contribution >= 4 is 46.0 Å². The van der Waals surface area contributed by atoms with E-state index in [1.165, 1.54) is 23.4 Å². The highest BCUT2D eigenvalue weighted by molar-refractivity contribution is 8.00. The number of rotatable bonds is 6. The van der Waals surface area contributed by atoms with Gasteiger partial charge in [-0.2, -0.15) is 0 Å². The molecule has 0 fully saturated rings. The first-order valence-electron chi connectivity index (χ1n) is 9.44. The van der Waals surface area contributed by atoms with E-state index >= 15 is 0 Å². The molecule has 0 saturated heterocycles. The van der Waals surface area contributed by atoms with Crippen LogP contribution in [-0.2, 0) is 25.3 Å². The molecule has 1 aromatic carbocycles. The highest BCUT2D eigenvalue weighted by atomic mass is 35.5. The minimum Gasteiger partial charge on any atom is -0.325 e. The minimum absolute atomic E-state index is 0.0999. The largest absolute Gasteiger partial charge is 0.332 e. The molecule has 0 radical (unpaired) electrons. The number of hydrogen-bond donors (Lipinski definition) is 1. The summed E-state index contributed by atoms with van der Waals surface area (Å²) in [4.78, 5) is 42.8. The van der Waals surface area contributed by atoms with Gasteiger partial charge in [0.2, 0.25) is 5.91 Å². The van der Waals surface area contributed by atoms with Crippen LogP contribution >= 0.6 is 23.4 Å². The Morgan fingerprint density at radius 3 is 2.63 bits per heavy atom. The second-order valence-electron chi connectivity index (χ2n) is 7.46. The van der Waals surface area contributed by atoms with E-state index in [0.29, 0.717) is 39.0 Å². The first-order valence-corrected chi connectivity index (χ1v) is 10.8. The number of hydrogen-bond acceptors (Lipinski definition) is 5. The van der Waals surface area contributed by atoms with E-state index in [2.05, 4.69) is 24.1 Å². The van der Waals surface area contributed by atoms with Gasteiger partial charge >= 0.3 is 5.69 Å². The molecule has 0 aliphatic heterocycles. The molecule has 0 unspecified atom stereocenters. The highest BCUT2D eigenvalue weighted by Gasteiger charge is 2.19. The molecular formula is C21H23ClN4O3S. The van der Waals surface area contributed by atoms with E-state index in [1.54, 1.807) is 37.5 Å². The Hall–Kier alpha value is -2.58. The van der Waals surface area contributed by atoms with Gasteiger partial charge < -0.3 is 5.32 Å². The van der Waals surface area contributed by atoms with Crippen molar-refractivity contribution in [2.75, 3.05) is 11.1 Å². The van der Waals surface area contributed by atoms with Crippen molar-refractivity contribution in [1.82, 2.24) is 14.1 Å². The fraction of sp³-hybridized carbons (Fsp3) is 0.333. The molecule has 0 atom stereocenters. The second kappa shape index (κ2) is 9.06. The Kier molecular flexibility index (Phi) is 6.67. The van der Waals surface area contributed by atoms with Crippen LogP contribution in [0.3, 0.4) is 0 Å². The van der Waals surface area contributed by atoms with Gasteiger partial charge in [0, 0.05) is 35.9 Å².